The summed E-state index contributed by atoms with van der Waals surface area (Å²) in [5, 5.41) is 42.2. The molecule has 1 fully saturated rings. The molecule has 63 heavy (non-hydrogen) atoms. The van der Waals surface area contributed by atoms with Crippen LogP contribution in [-0.2, 0) is 22.5 Å². The van der Waals surface area contributed by atoms with E-state index in [0.717, 1.165) is 41.8 Å². The maximum absolute atomic E-state index is 13.3. The highest BCUT2D eigenvalue weighted by Crippen LogP contribution is 2.30. The maximum Gasteiger partial charge on any atom is 0.411 e. The normalized spacial score (nSPS) is 14.8. The van der Waals surface area contributed by atoms with Gasteiger partial charge in [-0.25, -0.2) is 4.79 Å². The number of aromatic hydroxyl groups is 1. The second-order valence-corrected chi connectivity index (χ2v) is 16.2. The van der Waals surface area contributed by atoms with Gasteiger partial charge in [0.15, 0.2) is 0 Å². The molecule has 1 saturated heterocycles. The number of aliphatic hydroxyl groups is 2. The third-order valence-electron chi connectivity index (χ3n) is 11.6. The van der Waals surface area contributed by atoms with Gasteiger partial charge in [-0.15, -0.1) is 0 Å². The number of piperidine rings is 1. The molecule has 1 aliphatic heterocycles. The molecule has 0 saturated carbocycles. The van der Waals surface area contributed by atoms with E-state index >= 15 is 0 Å². The molecule has 13 heteroatoms. The lowest BCUT2D eigenvalue weighted by Gasteiger charge is -2.31. The molecule has 0 spiro atoms. The van der Waals surface area contributed by atoms with Gasteiger partial charge in [-0.1, -0.05) is 91.0 Å². The molecule has 7 rings (SSSR count). The standard InChI is InChI=1S/C50H56N6O7/c1-33(51-32-45(58)41-19-21-44(57)48-42(41)20-22-46(59)54-48)29-34-15-17-35(18-16-34)31-52-49(61)37-11-8-12-38(30-37)55(2)47(60)25-28-56-26-23-39(24-27-56)63-50(62)53-43-14-7-6-13-40(43)36-9-4-3-5-10-36/h3-22,30,33,39,45,49,51-52,57-58,61H,23-29,31-32H2,1-2H3,(H,53,62)(H,54,59)/t33?,45-,49?/m0/s1. The van der Waals surface area contributed by atoms with Gasteiger partial charge in [-0.05, 0) is 84.3 Å². The summed E-state index contributed by atoms with van der Waals surface area (Å²) in [6.07, 6.45) is -0.0301. The number of carbonyl (C=O) groups is 2. The van der Waals surface area contributed by atoms with Crippen molar-refractivity contribution < 1.29 is 29.6 Å². The number of nitrogens with zero attached hydrogens (tertiary/aromatic N) is 2. The summed E-state index contributed by atoms with van der Waals surface area (Å²) in [6.45, 7) is 4.80. The van der Waals surface area contributed by atoms with Crippen LogP contribution >= 0.6 is 0 Å². The molecule has 13 nitrogen and oxygen atoms in total. The molecule has 6 aromatic rings. The van der Waals surface area contributed by atoms with Crippen molar-refractivity contribution in [1.29, 1.82) is 0 Å². The van der Waals surface area contributed by atoms with E-state index in [0.29, 0.717) is 65.8 Å². The van der Waals surface area contributed by atoms with Crippen LogP contribution in [0.2, 0.25) is 0 Å². The number of fused-ring (bicyclic) bond motifs is 1. The first kappa shape index (κ1) is 44.7. The molecule has 328 valence electrons. The molecule has 1 aromatic heterocycles. The Morgan fingerprint density at radius 1 is 0.857 bits per heavy atom. The molecule has 3 atom stereocenters. The summed E-state index contributed by atoms with van der Waals surface area (Å²) in [5.41, 5.74) is 6.68. The van der Waals surface area contributed by atoms with Crippen LogP contribution in [0.15, 0.2) is 132 Å². The first-order valence-corrected chi connectivity index (χ1v) is 21.5. The van der Waals surface area contributed by atoms with Crippen LogP contribution in [0.4, 0.5) is 16.2 Å². The minimum atomic E-state index is -0.945. The van der Waals surface area contributed by atoms with E-state index in [9.17, 15) is 29.7 Å². The summed E-state index contributed by atoms with van der Waals surface area (Å²) in [5.74, 6) is -0.0793. The van der Waals surface area contributed by atoms with Crippen LogP contribution in [0.1, 0.15) is 60.8 Å². The van der Waals surface area contributed by atoms with Crippen molar-refractivity contribution in [3.05, 3.63) is 160 Å². The number of rotatable bonds is 17. The number of likely N-dealkylation sites (tertiary alicyclic amines) is 1. The Bertz CT molecular complexity index is 2520. The predicted molar refractivity (Wildman–Crippen MR) is 247 cm³/mol. The summed E-state index contributed by atoms with van der Waals surface area (Å²) in [6, 6.07) is 39.2. The smallest absolute Gasteiger partial charge is 0.411 e. The van der Waals surface area contributed by atoms with Crippen LogP contribution in [0.3, 0.4) is 0 Å². The van der Waals surface area contributed by atoms with Gasteiger partial charge in [0.2, 0.25) is 11.5 Å². The fourth-order valence-electron chi connectivity index (χ4n) is 8.00. The fraction of sp³-hybridized carbons (Fsp3) is 0.300. The van der Waals surface area contributed by atoms with Crippen molar-refractivity contribution in [2.75, 3.05) is 43.4 Å². The quantitative estimate of drug-likeness (QED) is 0.0473. The molecule has 2 heterocycles. The number of phenolic OH excluding ortho intramolecular Hbond substituents is 1. The lowest BCUT2D eigenvalue weighted by atomic mass is 10.0. The Morgan fingerprint density at radius 2 is 1.59 bits per heavy atom. The van der Waals surface area contributed by atoms with Crippen LogP contribution in [-0.4, -0.2) is 82.6 Å². The summed E-state index contributed by atoms with van der Waals surface area (Å²) in [7, 11) is 1.75. The minimum absolute atomic E-state index is 0.0326. The molecule has 0 bridgehead atoms. The number of carbonyl (C=O) groups excluding carboxylic acids is 2. The monoisotopic (exact) mass is 852 g/mol. The van der Waals surface area contributed by atoms with Crippen molar-refractivity contribution in [1.82, 2.24) is 20.5 Å². The van der Waals surface area contributed by atoms with Gasteiger partial charge in [0.1, 0.15) is 18.1 Å². The first-order chi connectivity index (χ1) is 30.5. The number of hydrogen-bond acceptors (Lipinski definition) is 10. The minimum Gasteiger partial charge on any atom is -0.506 e. The van der Waals surface area contributed by atoms with E-state index in [2.05, 4.69) is 25.8 Å². The van der Waals surface area contributed by atoms with Gasteiger partial charge < -0.3 is 40.2 Å². The molecule has 2 amide bonds. The largest absolute Gasteiger partial charge is 0.506 e. The van der Waals surface area contributed by atoms with Crippen molar-refractivity contribution in [3.63, 3.8) is 0 Å². The molecule has 0 radical (unpaired) electrons. The van der Waals surface area contributed by atoms with Gasteiger partial charge in [-0.2, -0.15) is 0 Å². The third kappa shape index (κ3) is 12.0. The van der Waals surface area contributed by atoms with Crippen molar-refractivity contribution >= 4 is 34.3 Å². The first-order valence-electron chi connectivity index (χ1n) is 21.5. The summed E-state index contributed by atoms with van der Waals surface area (Å²) >= 11 is 0. The van der Waals surface area contributed by atoms with Crippen molar-refractivity contribution in [3.8, 4) is 16.9 Å². The average molecular weight is 853 g/mol. The molecular weight excluding hydrogens is 797 g/mol. The van der Waals surface area contributed by atoms with E-state index in [1.54, 1.807) is 24.1 Å². The summed E-state index contributed by atoms with van der Waals surface area (Å²) in [4.78, 5) is 44.4. The highest BCUT2D eigenvalue weighted by Gasteiger charge is 2.24. The molecule has 2 unspecified atom stereocenters. The SMILES string of the molecule is CC(Cc1ccc(CNC(O)c2cccc(N(C)C(=O)CCN3CCC(OC(=O)Nc4ccccc4-c4ccccc4)CC3)c2)cc1)NC[C@H](O)c1ccc(O)c2[nH]c(=O)ccc12. The number of aromatic nitrogens is 1. The van der Waals surface area contributed by atoms with E-state index in [4.69, 9.17) is 4.74 Å². The molecule has 7 N–H and O–H groups in total. The molecule has 0 aliphatic carbocycles. The van der Waals surface area contributed by atoms with Gasteiger partial charge in [0.25, 0.3) is 0 Å². The van der Waals surface area contributed by atoms with Gasteiger partial charge in [-0.3, -0.25) is 20.2 Å². The number of ether oxygens (including phenoxy) is 1. The molecular formula is C50H56N6O7. The number of hydrogen-bond donors (Lipinski definition) is 7. The van der Waals surface area contributed by atoms with E-state index < -0.39 is 18.4 Å². The van der Waals surface area contributed by atoms with Crippen molar-refractivity contribution in [2.45, 2.75) is 63.6 Å². The highest BCUT2D eigenvalue weighted by molar-refractivity contribution is 5.93. The number of para-hydroxylation sites is 1. The number of amides is 2. The van der Waals surface area contributed by atoms with E-state index in [1.807, 2.05) is 110 Å². The number of aromatic amines is 1. The van der Waals surface area contributed by atoms with Crippen LogP contribution in [0, 0.1) is 0 Å². The second kappa shape index (κ2) is 21.1. The third-order valence-corrected chi connectivity index (χ3v) is 11.6. The van der Waals surface area contributed by atoms with Gasteiger partial charge >= 0.3 is 6.09 Å². The highest BCUT2D eigenvalue weighted by atomic mass is 16.6. The van der Waals surface area contributed by atoms with E-state index in [1.165, 1.54) is 12.1 Å². The average Bonchev–Trinajstić information content (AvgIpc) is 3.30. The Hall–Kier alpha value is -6.35. The second-order valence-electron chi connectivity index (χ2n) is 16.2. The number of anilines is 2. The number of phenols is 1. The topological polar surface area (TPSA) is 179 Å². The zero-order chi connectivity index (χ0) is 44.3. The number of nitrogens with one attached hydrogen (secondary N) is 4. The Labute approximate surface area is 367 Å². The fourth-order valence-corrected chi connectivity index (χ4v) is 8.00. The van der Waals surface area contributed by atoms with Crippen molar-refractivity contribution in [2.24, 2.45) is 0 Å². The Kier molecular flexibility index (Phi) is 15.0. The predicted octanol–water partition coefficient (Wildman–Crippen LogP) is 7.00. The molecule has 1 aliphatic rings. The van der Waals surface area contributed by atoms with Gasteiger partial charge in [0.05, 0.1) is 17.3 Å². The lowest BCUT2D eigenvalue weighted by Crippen LogP contribution is -2.40. The Morgan fingerprint density at radius 3 is 2.37 bits per heavy atom. The number of aliphatic hydroxyl groups excluding tert-OH is 2. The number of benzene rings is 5. The zero-order valence-electron chi connectivity index (χ0n) is 35.7. The maximum atomic E-state index is 13.3. The summed E-state index contributed by atoms with van der Waals surface area (Å²) < 4.78 is 5.79. The van der Waals surface area contributed by atoms with Crippen LogP contribution in [0.5, 0.6) is 5.75 Å². The number of H-pyrrole nitrogens is 1. The van der Waals surface area contributed by atoms with Crippen LogP contribution in [0.25, 0.3) is 22.0 Å². The molecule has 5 aromatic carbocycles. The van der Waals surface area contributed by atoms with Crippen LogP contribution < -0.4 is 26.4 Å². The van der Waals surface area contributed by atoms with E-state index in [-0.39, 0.29) is 35.9 Å². The Balaban J connectivity index is 0.809. The van der Waals surface area contributed by atoms with Gasteiger partial charge in [0, 0.05) is 74.9 Å². The zero-order valence-corrected chi connectivity index (χ0v) is 35.7. The lowest BCUT2D eigenvalue weighted by molar-refractivity contribution is -0.118. The number of pyridine rings is 1.